The Hall–Kier alpha value is -2.70. The van der Waals surface area contributed by atoms with Gasteiger partial charge in [-0.15, -0.1) is 0 Å². The van der Waals surface area contributed by atoms with Crippen molar-refractivity contribution in [3.8, 4) is 0 Å². The fourth-order valence-corrected chi connectivity index (χ4v) is 2.99. The number of carbonyl (C=O) groups excluding carboxylic acids is 2. The zero-order chi connectivity index (χ0) is 18.7. The lowest BCUT2D eigenvalue weighted by molar-refractivity contribution is -0.188. The highest BCUT2D eigenvalue weighted by Gasteiger charge is 2.64. The number of carbonyl (C=O) groups is 2. The molecular formula is C20H20O6. The van der Waals surface area contributed by atoms with Gasteiger partial charge >= 0.3 is 11.9 Å². The lowest BCUT2D eigenvalue weighted by Crippen LogP contribution is -2.52. The summed E-state index contributed by atoms with van der Waals surface area (Å²) in [7, 11) is 2.38. The Morgan fingerprint density at radius 3 is 2.00 bits per heavy atom. The number of rotatable bonds is 4. The van der Waals surface area contributed by atoms with Gasteiger partial charge in [-0.25, -0.2) is 9.59 Å². The van der Waals surface area contributed by atoms with E-state index in [4.69, 9.17) is 18.9 Å². The van der Waals surface area contributed by atoms with Crippen LogP contribution in [-0.4, -0.2) is 31.8 Å². The third-order valence-electron chi connectivity index (χ3n) is 4.35. The molecule has 0 spiro atoms. The van der Waals surface area contributed by atoms with E-state index in [0.717, 1.165) is 5.56 Å². The highest BCUT2D eigenvalue weighted by Crippen LogP contribution is 2.48. The van der Waals surface area contributed by atoms with Crippen LogP contribution in [0.3, 0.4) is 0 Å². The zero-order valence-corrected chi connectivity index (χ0v) is 14.8. The molecular weight excluding hydrogens is 336 g/mol. The summed E-state index contributed by atoms with van der Waals surface area (Å²) in [6.45, 7) is 1.96. The number of benzene rings is 2. The number of aryl methyl sites for hydroxylation is 1. The van der Waals surface area contributed by atoms with Crippen molar-refractivity contribution in [2.75, 3.05) is 14.2 Å². The standard InChI is InChI=1S/C20H20O6/c1-13-9-11-15(12-10-13)17-25-16(14-7-5-4-6-8-14)20(26-17,18(21)23-2)19(22)24-3/h4-12,16-17H,1-3H3/t16-,17-/m1/s1. The second kappa shape index (κ2) is 7.27. The average molecular weight is 356 g/mol. The number of hydrogen-bond acceptors (Lipinski definition) is 6. The van der Waals surface area contributed by atoms with Gasteiger partial charge in [-0.3, -0.25) is 0 Å². The first-order chi connectivity index (χ1) is 12.5. The van der Waals surface area contributed by atoms with Gasteiger partial charge in [-0.2, -0.15) is 0 Å². The minimum absolute atomic E-state index is 0.609. The van der Waals surface area contributed by atoms with Gasteiger partial charge in [0.1, 0.15) is 6.10 Å². The second-order valence-corrected chi connectivity index (χ2v) is 6.01. The van der Waals surface area contributed by atoms with Crippen LogP contribution in [0.25, 0.3) is 0 Å². The molecule has 26 heavy (non-hydrogen) atoms. The number of methoxy groups -OCH3 is 2. The summed E-state index contributed by atoms with van der Waals surface area (Å²) in [4.78, 5) is 25.2. The van der Waals surface area contributed by atoms with Crippen LogP contribution in [0.5, 0.6) is 0 Å². The van der Waals surface area contributed by atoms with Gasteiger partial charge in [-0.05, 0) is 12.5 Å². The van der Waals surface area contributed by atoms with Crippen molar-refractivity contribution < 1.29 is 28.5 Å². The third-order valence-corrected chi connectivity index (χ3v) is 4.35. The van der Waals surface area contributed by atoms with E-state index in [-0.39, 0.29) is 0 Å². The normalized spacial score (nSPS) is 21.2. The maximum atomic E-state index is 12.6. The van der Waals surface area contributed by atoms with E-state index in [1.807, 2.05) is 37.3 Å². The van der Waals surface area contributed by atoms with Gasteiger partial charge in [0.05, 0.1) is 14.2 Å². The van der Waals surface area contributed by atoms with Gasteiger partial charge < -0.3 is 18.9 Å². The molecule has 2 atom stereocenters. The van der Waals surface area contributed by atoms with Crippen molar-refractivity contribution in [2.24, 2.45) is 0 Å². The van der Waals surface area contributed by atoms with Crippen LogP contribution in [0.4, 0.5) is 0 Å². The number of ether oxygens (including phenoxy) is 4. The van der Waals surface area contributed by atoms with E-state index in [1.54, 1.807) is 24.3 Å². The quantitative estimate of drug-likeness (QED) is 0.620. The van der Waals surface area contributed by atoms with Gasteiger partial charge in [0, 0.05) is 5.56 Å². The predicted octanol–water partition coefficient (Wildman–Crippen LogP) is 2.87. The van der Waals surface area contributed by atoms with E-state index >= 15 is 0 Å². The third kappa shape index (κ3) is 2.98. The van der Waals surface area contributed by atoms with E-state index in [2.05, 4.69) is 0 Å². The molecule has 0 aromatic heterocycles. The summed E-state index contributed by atoms with van der Waals surface area (Å²) in [5.74, 6) is -1.74. The highest BCUT2D eigenvalue weighted by molar-refractivity contribution is 6.05. The number of hydrogen-bond donors (Lipinski definition) is 0. The molecule has 1 fully saturated rings. The van der Waals surface area contributed by atoms with E-state index in [9.17, 15) is 9.59 Å². The Morgan fingerprint density at radius 1 is 0.885 bits per heavy atom. The van der Waals surface area contributed by atoms with Crippen molar-refractivity contribution in [1.29, 1.82) is 0 Å². The Kier molecular flexibility index (Phi) is 5.06. The molecule has 0 bridgehead atoms. The van der Waals surface area contributed by atoms with Crippen LogP contribution in [0.15, 0.2) is 54.6 Å². The van der Waals surface area contributed by atoms with E-state index in [0.29, 0.717) is 11.1 Å². The van der Waals surface area contributed by atoms with Crippen molar-refractivity contribution >= 4 is 11.9 Å². The molecule has 0 aliphatic carbocycles. The molecule has 0 N–H and O–H groups in total. The largest absolute Gasteiger partial charge is 0.466 e. The highest BCUT2D eigenvalue weighted by atomic mass is 16.8. The van der Waals surface area contributed by atoms with Crippen LogP contribution >= 0.6 is 0 Å². The molecule has 2 aromatic rings. The minimum atomic E-state index is -2.04. The topological polar surface area (TPSA) is 71.1 Å². The SMILES string of the molecule is COC(=O)C1(C(=O)OC)O[C@H](c2ccc(C)cc2)O[C@@H]1c1ccccc1. The molecule has 0 unspecified atom stereocenters. The first-order valence-corrected chi connectivity index (χ1v) is 8.14. The minimum Gasteiger partial charge on any atom is -0.466 e. The molecule has 1 saturated heterocycles. The van der Waals surface area contributed by atoms with Crippen LogP contribution in [0.1, 0.15) is 29.1 Å². The van der Waals surface area contributed by atoms with E-state index in [1.165, 1.54) is 14.2 Å². The summed E-state index contributed by atoms with van der Waals surface area (Å²) in [5, 5.41) is 0. The van der Waals surface area contributed by atoms with Gasteiger partial charge in [0.15, 0.2) is 6.29 Å². The Balaban J connectivity index is 2.09. The fraction of sp³-hybridized carbons (Fsp3) is 0.300. The molecule has 1 aliphatic heterocycles. The first-order valence-electron chi connectivity index (χ1n) is 8.14. The molecule has 0 radical (unpaired) electrons. The van der Waals surface area contributed by atoms with Crippen LogP contribution in [0.2, 0.25) is 0 Å². The molecule has 6 heteroatoms. The predicted molar refractivity (Wildman–Crippen MR) is 92.0 cm³/mol. The maximum absolute atomic E-state index is 12.6. The molecule has 0 saturated carbocycles. The van der Waals surface area contributed by atoms with Crippen LogP contribution < -0.4 is 0 Å². The van der Waals surface area contributed by atoms with Crippen molar-refractivity contribution in [3.63, 3.8) is 0 Å². The smallest absolute Gasteiger partial charge is 0.353 e. The molecule has 0 amide bonds. The summed E-state index contributed by atoms with van der Waals surface area (Å²) < 4.78 is 21.6. The zero-order valence-electron chi connectivity index (χ0n) is 14.8. The fourth-order valence-electron chi connectivity index (χ4n) is 2.99. The van der Waals surface area contributed by atoms with Gasteiger partial charge in [0.2, 0.25) is 0 Å². The summed E-state index contributed by atoms with van der Waals surface area (Å²) >= 11 is 0. The molecule has 6 nitrogen and oxygen atoms in total. The van der Waals surface area contributed by atoms with Gasteiger partial charge in [0.25, 0.3) is 5.60 Å². The van der Waals surface area contributed by atoms with Crippen molar-refractivity contribution in [1.82, 2.24) is 0 Å². The maximum Gasteiger partial charge on any atom is 0.353 e. The summed E-state index contributed by atoms with van der Waals surface area (Å²) in [5.41, 5.74) is 0.322. The lowest BCUT2D eigenvalue weighted by Gasteiger charge is -2.27. The van der Waals surface area contributed by atoms with Gasteiger partial charge in [-0.1, -0.05) is 60.2 Å². The van der Waals surface area contributed by atoms with E-state index < -0.39 is 29.9 Å². The Morgan fingerprint density at radius 2 is 1.46 bits per heavy atom. The first kappa shape index (κ1) is 18.1. The van der Waals surface area contributed by atoms with Crippen LogP contribution in [0, 0.1) is 6.92 Å². The van der Waals surface area contributed by atoms with Crippen LogP contribution in [-0.2, 0) is 28.5 Å². The summed E-state index contributed by atoms with van der Waals surface area (Å²) in [6, 6.07) is 16.4. The monoisotopic (exact) mass is 356 g/mol. The molecule has 1 aliphatic rings. The number of esters is 2. The Bertz CT molecular complexity index is 768. The summed E-state index contributed by atoms with van der Waals surface area (Å²) in [6.07, 6.45) is -1.92. The average Bonchev–Trinajstić information content (AvgIpc) is 3.09. The Labute approximate surface area is 151 Å². The molecule has 3 rings (SSSR count). The second-order valence-electron chi connectivity index (χ2n) is 6.01. The molecule has 136 valence electrons. The van der Waals surface area contributed by atoms with Crippen molar-refractivity contribution in [2.45, 2.75) is 24.9 Å². The molecule has 2 aromatic carbocycles. The lowest BCUT2D eigenvalue weighted by atomic mass is 9.91. The molecule has 1 heterocycles. The van der Waals surface area contributed by atoms with Crippen molar-refractivity contribution in [3.05, 3.63) is 71.3 Å².